The molecule has 0 bridgehead atoms. The molecule has 2 heterocycles. The van der Waals surface area contributed by atoms with Crippen molar-refractivity contribution in [3.8, 4) is 28.6 Å². The molecule has 0 fully saturated rings. The molecule has 1 aromatic heterocycles. The highest BCUT2D eigenvalue weighted by molar-refractivity contribution is 7.71. The molecule has 0 saturated heterocycles. The van der Waals surface area contributed by atoms with Crippen molar-refractivity contribution < 1.29 is 13.5 Å². The Bertz CT molecular complexity index is 932. The summed E-state index contributed by atoms with van der Waals surface area (Å²) in [5.41, 5.74) is 0.944. The predicted molar refractivity (Wildman–Crippen MR) is 74.2 cm³/mol. The van der Waals surface area contributed by atoms with E-state index in [0.29, 0.717) is 22.8 Å². The summed E-state index contributed by atoms with van der Waals surface area (Å²) in [6, 6.07) is 9.43. The SMILES string of the molecule is Fc1ccc2c(c1F)Oc1ccccc1-c1n[nH]c(=S)n1-2. The van der Waals surface area contributed by atoms with Crippen LogP contribution in [0.15, 0.2) is 36.4 Å². The third-order valence-electron chi connectivity index (χ3n) is 3.28. The lowest BCUT2D eigenvalue weighted by atomic mass is 10.2. The Labute approximate surface area is 122 Å². The van der Waals surface area contributed by atoms with Crippen molar-refractivity contribution in [1.82, 2.24) is 14.8 Å². The first-order valence-corrected chi connectivity index (χ1v) is 6.50. The van der Waals surface area contributed by atoms with Crippen LogP contribution in [0.25, 0.3) is 17.1 Å². The Morgan fingerprint density at radius 1 is 1.14 bits per heavy atom. The minimum absolute atomic E-state index is 0.210. The van der Waals surface area contributed by atoms with Gasteiger partial charge in [-0.25, -0.2) is 4.39 Å². The normalized spacial score (nSPS) is 11.9. The Balaban J connectivity index is 2.18. The number of para-hydroxylation sites is 1. The van der Waals surface area contributed by atoms with E-state index in [-0.39, 0.29) is 10.5 Å². The molecular formula is C14H7F2N3OS. The summed E-state index contributed by atoms with van der Waals surface area (Å²) >= 11 is 5.19. The average Bonchev–Trinajstić information content (AvgIpc) is 2.79. The number of ether oxygens (including phenoxy) is 1. The van der Waals surface area contributed by atoms with Gasteiger partial charge in [-0.3, -0.25) is 9.67 Å². The van der Waals surface area contributed by atoms with Crippen molar-refractivity contribution in [3.05, 3.63) is 52.8 Å². The van der Waals surface area contributed by atoms with Crippen molar-refractivity contribution in [3.63, 3.8) is 0 Å². The van der Waals surface area contributed by atoms with Gasteiger partial charge in [-0.05, 0) is 36.5 Å². The van der Waals surface area contributed by atoms with Crippen LogP contribution in [-0.2, 0) is 0 Å². The van der Waals surface area contributed by atoms with E-state index in [9.17, 15) is 8.78 Å². The van der Waals surface area contributed by atoms with Crippen LogP contribution in [0.2, 0.25) is 0 Å². The molecule has 1 aliphatic heterocycles. The van der Waals surface area contributed by atoms with E-state index in [4.69, 9.17) is 17.0 Å². The Hall–Kier alpha value is -2.54. The van der Waals surface area contributed by atoms with Crippen LogP contribution in [0.4, 0.5) is 8.78 Å². The number of aromatic amines is 1. The van der Waals surface area contributed by atoms with Gasteiger partial charge in [-0.15, -0.1) is 0 Å². The van der Waals surface area contributed by atoms with Gasteiger partial charge in [0.25, 0.3) is 0 Å². The quantitative estimate of drug-likeness (QED) is 0.500. The monoisotopic (exact) mass is 303 g/mol. The molecule has 0 atom stereocenters. The van der Waals surface area contributed by atoms with Crippen LogP contribution in [0, 0.1) is 16.4 Å². The summed E-state index contributed by atoms with van der Waals surface area (Å²) in [4.78, 5) is 0. The Morgan fingerprint density at radius 3 is 2.81 bits per heavy atom. The Kier molecular flexibility index (Phi) is 2.46. The maximum Gasteiger partial charge on any atom is 0.203 e. The predicted octanol–water partition coefficient (Wildman–Crippen LogP) is 3.98. The van der Waals surface area contributed by atoms with Gasteiger partial charge in [0, 0.05) is 0 Å². The molecule has 4 rings (SSSR count). The number of hydrogen-bond acceptors (Lipinski definition) is 3. The lowest BCUT2D eigenvalue weighted by molar-refractivity contribution is 0.417. The number of nitrogens with zero attached hydrogens (tertiary/aromatic N) is 2. The van der Waals surface area contributed by atoms with Crippen molar-refractivity contribution in [2.75, 3.05) is 0 Å². The van der Waals surface area contributed by atoms with Gasteiger partial charge in [-0.1, -0.05) is 12.1 Å². The molecular weight excluding hydrogens is 296 g/mol. The molecule has 21 heavy (non-hydrogen) atoms. The zero-order valence-electron chi connectivity index (χ0n) is 10.4. The Morgan fingerprint density at radius 2 is 1.95 bits per heavy atom. The molecule has 0 spiro atoms. The molecule has 1 aliphatic rings. The first kappa shape index (κ1) is 12.2. The lowest BCUT2D eigenvalue weighted by Gasteiger charge is -2.10. The molecule has 3 aromatic rings. The number of halogens is 2. The van der Waals surface area contributed by atoms with E-state index in [1.54, 1.807) is 24.3 Å². The third-order valence-corrected chi connectivity index (χ3v) is 3.56. The minimum atomic E-state index is -1.06. The molecule has 0 aliphatic carbocycles. The summed E-state index contributed by atoms with van der Waals surface area (Å²) in [5, 5.41) is 6.82. The largest absolute Gasteiger partial charge is 0.451 e. The van der Waals surface area contributed by atoms with Crippen molar-refractivity contribution in [2.45, 2.75) is 0 Å². The van der Waals surface area contributed by atoms with E-state index >= 15 is 0 Å². The van der Waals surface area contributed by atoms with Gasteiger partial charge >= 0.3 is 0 Å². The zero-order chi connectivity index (χ0) is 14.6. The summed E-state index contributed by atoms with van der Waals surface area (Å²) in [7, 11) is 0. The topological polar surface area (TPSA) is 42.8 Å². The van der Waals surface area contributed by atoms with Gasteiger partial charge in [-0.2, -0.15) is 9.49 Å². The standard InChI is InChI=1S/C14H7F2N3OS/c15-8-5-6-9-12(11(8)16)20-10-4-2-1-3-7(10)13-17-18-14(21)19(9)13/h1-6H,(H,18,21). The molecule has 104 valence electrons. The van der Waals surface area contributed by atoms with Crippen LogP contribution >= 0.6 is 12.2 Å². The van der Waals surface area contributed by atoms with Crippen molar-refractivity contribution in [1.29, 1.82) is 0 Å². The van der Waals surface area contributed by atoms with Gasteiger partial charge in [0.15, 0.2) is 22.2 Å². The summed E-state index contributed by atoms with van der Waals surface area (Å²) in [6.45, 7) is 0. The molecule has 7 heteroatoms. The summed E-state index contributed by atoms with van der Waals surface area (Å²) < 4.78 is 35.0. The highest BCUT2D eigenvalue weighted by atomic mass is 32.1. The van der Waals surface area contributed by atoms with E-state index in [2.05, 4.69) is 10.2 Å². The van der Waals surface area contributed by atoms with Gasteiger partial charge in [0.05, 0.1) is 11.3 Å². The van der Waals surface area contributed by atoms with Gasteiger partial charge < -0.3 is 4.74 Å². The number of nitrogens with one attached hydrogen (secondary N) is 1. The van der Waals surface area contributed by atoms with Crippen LogP contribution in [-0.4, -0.2) is 14.8 Å². The molecule has 4 nitrogen and oxygen atoms in total. The first-order chi connectivity index (χ1) is 10.2. The molecule has 2 aromatic carbocycles. The van der Waals surface area contributed by atoms with Crippen LogP contribution < -0.4 is 4.74 Å². The second kappa shape index (κ2) is 4.23. The molecule has 0 unspecified atom stereocenters. The van der Waals surface area contributed by atoms with Gasteiger partial charge in [0.2, 0.25) is 5.82 Å². The number of H-pyrrole nitrogens is 1. The number of rotatable bonds is 0. The summed E-state index contributed by atoms with van der Waals surface area (Å²) in [6.07, 6.45) is 0. The maximum atomic E-state index is 14.1. The smallest absolute Gasteiger partial charge is 0.203 e. The first-order valence-electron chi connectivity index (χ1n) is 6.10. The van der Waals surface area contributed by atoms with E-state index < -0.39 is 11.6 Å². The van der Waals surface area contributed by atoms with E-state index in [1.807, 2.05) is 0 Å². The lowest BCUT2D eigenvalue weighted by Crippen LogP contribution is -2.00. The fourth-order valence-electron chi connectivity index (χ4n) is 2.35. The second-order valence-corrected chi connectivity index (χ2v) is 4.88. The number of hydrogen-bond donors (Lipinski definition) is 1. The maximum absolute atomic E-state index is 14.1. The van der Waals surface area contributed by atoms with E-state index in [0.717, 1.165) is 6.07 Å². The molecule has 0 amide bonds. The third kappa shape index (κ3) is 1.64. The van der Waals surface area contributed by atoms with Crippen LogP contribution in [0.1, 0.15) is 0 Å². The minimum Gasteiger partial charge on any atom is -0.451 e. The summed E-state index contributed by atoms with van der Waals surface area (Å²) in [5.74, 6) is -1.38. The molecule has 1 N–H and O–H groups in total. The van der Waals surface area contributed by atoms with E-state index in [1.165, 1.54) is 10.6 Å². The number of benzene rings is 2. The fraction of sp³-hybridized carbons (Fsp3) is 0. The van der Waals surface area contributed by atoms with Crippen LogP contribution in [0.5, 0.6) is 11.5 Å². The average molecular weight is 303 g/mol. The number of aromatic nitrogens is 3. The highest BCUT2D eigenvalue weighted by Crippen LogP contribution is 2.41. The van der Waals surface area contributed by atoms with Crippen molar-refractivity contribution in [2.24, 2.45) is 0 Å². The molecule has 0 saturated carbocycles. The number of fused-ring (bicyclic) bond motifs is 5. The zero-order valence-corrected chi connectivity index (χ0v) is 11.2. The second-order valence-electron chi connectivity index (χ2n) is 4.50. The highest BCUT2D eigenvalue weighted by Gasteiger charge is 2.26. The van der Waals surface area contributed by atoms with Gasteiger partial charge in [0.1, 0.15) is 5.75 Å². The molecule has 0 radical (unpaired) electrons. The van der Waals surface area contributed by atoms with Crippen LogP contribution in [0.3, 0.4) is 0 Å². The van der Waals surface area contributed by atoms with Crippen molar-refractivity contribution >= 4 is 12.2 Å². The fourth-order valence-corrected chi connectivity index (χ4v) is 2.58.